The Morgan fingerprint density at radius 1 is 0.933 bits per heavy atom. The molecule has 60 heavy (non-hydrogen) atoms. The molecule has 5 aromatic heterocycles. The Morgan fingerprint density at radius 3 is 2.25 bits per heavy atom. The largest absolute Gasteiger partial charge is 0.453 e. The second-order valence-corrected chi connectivity index (χ2v) is 16.2. The number of methoxy groups -OCH3 is 1. The molecule has 2 aliphatic heterocycles. The van der Waals surface area contributed by atoms with Crippen LogP contribution in [0.1, 0.15) is 74.9 Å². The van der Waals surface area contributed by atoms with Crippen LogP contribution < -0.4 is 16.2 Å². The second kappa shape index (κ2) is 17.0. The Bertz CT molecular complexity index is 2590. The van der Waals surface area contributed by atoms with Crippen molar-refractivity contribution >= 4 is 45.4 Å². The maximum atomic E-state index is 14.0. The number of nitrogens with one attached hydrogen (secondary N) is 5. The number of H-pyrrole nitrogens is 3. The Kier molecular flexibility index (Phi) is 11.4. The van der Waals surface area contributed by atoms with Gasteiger partial charge in [-0.3, -0.25) is 23.7 Å². The van der Waals surface area contributed by atoms with E-state index >= 15 is 0 Å². The highest BCUT2D eigenvalue weighted by atomic mass is 32.1. The van der Waals surface area contributed by atoms with E-state index in [1.807, 2.05) is 49.7 Å². The number of alkyl carbamates (subject to hydrolysis) is 1. The number of benzene rings is 1. The van der Waals surface area contributed by atoms with Crippen LogP contribution >= 0.6 is 11.3 Å². The first-order valence-electron chi connectivity index (χ1n) is 19.9. The third-order valence-corrected chi connectivity index (χ3v) is 12.3. The van der Waals surface area contributed by atoms with E-state index < -0.39 is 30.7 Å². The number of ether oxygens (including phenoxy) is 1. The highest BCUT2D eigenvalue weighted by molar-refractivity contribution is 7.18. The number of carbonyl (C=O) groups is 4. The molecule has 0 bridgehead atoms. The minimum absolute atomic E-state index is 0.181. The van der Waals surface area contributed by atoms with Crippen LogP contribution in [0.5, 0.6) is 0 Å². The lowest BCUT2D eigenvalue weighted by atomic mass is 10.0. The average Bonchev–Trinajstić information content (AvgIpc) is 4.11. The number of aliphatic hydroxyl groups excluding tert-OH is 1. The van der Waals surface area contributed by atoms with Crippen LogP contribution in [-0.4, -0.2) is 101 Å². The van der Waals surface area contributed by atoms with Crippen LogP contribution in [0.4, 0.5) is 4.79 Å². The molecule has 17 nitrogen and oxygen atoms in total. The summed E-state index contributed by atoms with van der Waals surface area (Å²) in [5.41, 5.74) is 4.77. The number of likely N-dealkylation sites (tertiary alicyclic amines) is 2. The van der Waals surface area contributed by atoms with Gasteiger partial charge in [-0.1, -0.05) is 44.2 Å². The molecule has 0 radical (unpaired) electrons. The number of aromatic amines is 3. The Labute approximate surface area is 348 Å². The van der Waals surface area contributed by atoms with Crippen LogP contribution in [0.25, 0.3) is 38.4 Å². The minimum atomic E-state index is -0.920. The molecule has 0 spiro atoms. The number of rotatable bonds is 12. The van der Waals surface area contributed by atoms with Gasteiger partial charge in [0.25, 0.3) is 11.5 Å². The van der Waals surface area contributed by atoms with E-state index in [-0.39, 0.29) is 35.4 Å². The van der Waals surface area contributed by atoms with Crippen molar-refractivity contribution in [3.8, 4) is 28.2 Å². The molecule has 6 N–H and O–H groups in total. The van der Waals surface area contributed by atoms with Gasteiger partial charge in [-0.25, -0.2) is 14.8 Å². The number of pyridine rings is 1. The Hall–Kier alpha value is -6.53. The number of amides is 4. The first kappa shape index (κ1) is 40.3. The molecule has 18 heteroatoms. The number of carbonyl (C=O) groups excluding carboxylic acids is 4. The summed E-state index contributed by atoms with van der Waals surface area (Å²) < 4.78 is 7.33. The highest BCUT2D eigenvalue weighted by Crippen LogP contribution is 2.39. The number of nitrogens with zero attached hydrogens (tertiary/aromatic N) is 5. The number of hydrogen-bond acceptors (Lipinski definition) is 10. The van der Waals surface area contributed by atoms with Gasteiger partial charge in [0, 0.05) is 48.1 Å². The molecule has 0 saturated carbocycles. The number of aromatic nitrogens is 6. The Morgan fingerprint density at radius 2 is 1.60 bits per heavy atom. The van der Waals surface area contributed by atoms with Gasteiger partial charge in [0.1, 0.15) is 30.3 Å². The quantitative estimate of drug-likeness (QED) is 0.100. The Balaban J connectivity index is 0.989. The van der Waals surface area contributed by atoms with Gasteiger partial charge in [0.05, 0.1) is 58.9 Å². The third kappa shape index (κ3) is 7.70. The third-order valence-electron chi connectivity index (χ3n) is 11.3. The molecule has 4 amide bonds. The summed E-state index contributed by atoms with van der Waals surface area (Å²) >= 11 is 1.49. The fourth-order valence-electron chi connectivity index (χ4n) is 8.23. The number of aliphatic hydroxyl groups is 1. The van der Waals surface area contributed by atoms with Gasteiger partial charge in [0.15, 0.2) is 0 Å². The summed E-state index contributed by atoms with van der Waals surface area (Å²) in [5.74, 6) is -0.0332. The lowest BCUT2D eigenvalue weighted by Crippen LogP contribution is -2.51. The minimum Gasteiger partial charge on any atom is -0.453 e. The van der Waals surface area contributed by atoms with Crippen molar-refractivity contribution in [3.05, 3.63) is 100 Å². The zero-order valence-corrected chi connectivity index (χ0v) is 34.1. The molecule has 7 heterocycles. The molecule has 1 aromatic carbocycles. The summed E-state index contributed by atoms with van der Waals surface area (Å²) in [6.07, 6.45) is 9.24. The molecule has 8 rings (SSSR count). The maximum Gasteiger partial charge on any atom is 0.407 e. The van der Waals surface area contributed by atoms with Crippen molar-refractivity contribution in [1.29, 1.82) is 0 Å². The van der Waals surface area contributed by atoms with Gasteiger partial charge >= 0.3 is 6.09 Å². The van der Waals surface area contributed by atoms with Gasteiger partial charge in [-0.05, 0) is 43.2 Å². The standard InChI is InChI=1S/C42H46N10O7S/c1-23(2)34(48-32(54)21-53)40(56)51-14-7-11-29(51)38-44-19-27(46-38)25-13-16-50(33(55)17-25)31-22-60-37-26(18-43-36(31)37)28-20-45-39(47-28)30-12-8-15-52(30)41(57)35(49-42(58)59-3)24-9-5-4-6-10-24/h4-6,9-10,13,16-20,22-23,29-30,34-35,43,53H,7-8,11-12,14-15,21H2,1-3H3,(H,44,46)(H,45,47)(H,48,54)(H,49,58)/t29?,30?,34-,35+/m0/s1. The van der Waals surface area contributed by atoms with Crippen molar-refractivity contribution in [3.63, 3.8) is 0 Å². The SMILES string of the molecule is COC(=O)N[C@@H](C(=O)N1CCCC1c1ncc(-c2c[nH]c3c(-n4ccc(-c5cnc(C6CCCN6C(=O)[C@@H](NC(=O)CO)C(C)C)[nH]5)cc4=O)csc23)[nH]1)c1ccccc1. The molecule has 2 fully saturated rings. The fourth-order valence-corrected chi connectivity index (χ4v) is 9.27. The molecular weight excluding hydrogens is 789 g/mol. The van der Waals surface area contributed by atoms with Gasteiger partial charge < -0.3 is 45.2 Å². The predicted octanol–water partition coefficient (Wildman–Crippen LogP) is 4.72. The summed E-state index contributed by atoms with van der Waals surface area (Å²) in [6, 6.07) is 10.1. The molecule has 2 aliphatic rings. The number of hydrogen-bond donors (Lipinski definition) is 6. The molecule has 4 atom stereocenters. The van der Waals surface area contributed by atoms with E-state index in [0.717, 1.165) is 34.3 Å². The van der Waals surface area contributed by atoms with Crippen molar-refractivity contribution < 1.29 is 29.0 Å². The van der Waals surface area contributed by atoms with Crippen molar-refractivity contribution in [2.24, 2.45) is 5.92 Å². The van der Waals surface area contributed by atoms with Crippen molar-refractivity contribution in [2.75, 3.05) is 26.8 Å². The van der Waals surface area contributed by atoms with E-state index in [4.69, 9.17) is 9.72 Å². The van der Waals surface area contributed by atoms with Crippen LogP contribution in [0.15, 0.2) is 77.4 Å². The first-order chi connectivity index (χ1) is 29.1. The van der Waals surface area contributed by atoms with Crippen molar-refractivity contribution in [2.45, 2.75) is 63.7 Å². The first-order valence-corrected chi connectivity index (χ1v) is 20.8. The van der Waals surface area contributed by atoms with Gasteiger partial charge in [-0.15, -0.1) is 11.3 Å². The summed E-state index contributed by atoms with van der Waals surface area (Å²) in [6.45, 7) is 4.02. The van der Waals surface area contributed by atoms with E-state index in [0.29, 0.717) is 60.1 Å². The number of thiophene rings is 1. The lowest BCUT2D eigenvalue weighted by molar-refractivity contribution is -0.139. The predicted molar refractivity (Wildman–Crippen MR) is 223 cm³/mol. The fraction of sp³-hybridized carbons (Fsp3) is 0.357. The zero-order chi connectivity index (χ0) is 42.1. The van der Waals surface area contributed by atoms with Crippen LogP contribution in [-0.2, 0) is 19.1 Å². The van der Waals surface area contributed by atoms with Gasteiger partial charge in [0.2, 0.25) is 11.8 Å². The van der Waals surface area contributed by atoms with E-state index in [9.17, 15) is 29.1 Å². The normalized spacial score (nSPS) is 17.6. The van der Waals surface area contributed by atoms with Crippen LogP contribution in [0, 0.1) is 5.92 Å². The molecule has 2 unspecified atom stereocenters. The van der Waals surface area contributed by atoms with Crippen molar-refractivity contribution in [1.82, 2.24) is 49.9 Å². The van der Waals surface area contributed by atoms with E-state index in [1.165, 1.54) is 18.4 Å². The average molecular weight is 835 g/mol. The topological polar surface area (TPSA) is 223 Å². The summed E-state index contributed by atoms with van der Waals surface area (Å²) in [4.78, 5) is 88.3. The van der Waals surface area contributed by atoms with E-state index in [1.54, 1.807) is 51.2 Å². The van der Waals surface area contributed by atoms with Crippen LogP contribution in [0.3, 0.4) is 0 Å². The zero-order valence-electron chi connectivity index (χ0n) is 33.3. The summed E-state index contributed by atoms with van der Waals surface area (Å²) in [7, 11) is 1.26. The smallest absolute Gasteiger partial charge is 0.407 e. The van der Waals surface area contributed by atoms with Gasteiger partial charge in [-0.2, -0.15) is 0 Å². The number of imidazole rings is 2. The second-order valence-electron chi connectivity index (χ2n) is 15.3. The molecule has 2 saturated heterocycles. The number of fused-ring (bicyclic) bond motifs is 1. The lowest BCUT2D eigenvalue weighted by Gasteiger charge is -2.30. The van der Waals surface area contributed by atoms with Crippen LogP contribution in [0.2, 0.25) is 0 Å². The summed E-state index contributed by atoms with van der Waals surface area (Å²) in [5, 5.41) is 16.5. The maximum absolute atomic E-state index is 14.0. The van der Waals surface area contributed by atoms with E-state index in [2.05, 4.69) is 30.6 Å². The molecular formula is C42H46N10O7S. The molecule has 6 aromatic rings. The molecule has 312 valence electrons. The highest BCUT2D eigenvalue weighted by Gasteiger charge is 2.39. The molecule has 0 aliphatic carbocycles. The monoisotopic (exact) mass is 834 g/mol.